The highest BCUT2D eigenvalue weighted by atomic mass is 16.7. The summed E-state index contributed by atoms with van der Waals surface area (Å²) in [6.07, 6.45) is -3.62. The van der Waals surface area contributed by atoms with Crippen LogP contribution in [-0.4, -0.2) is 124 Å². The summed E-state index contributed by atoms with van der Waals surface area (Å²) in [5.74, 6) is -5.37. The fourth-order valence-corrected chi connectivity index (χ4v) is 7.64. The Morgan fingerprint density at radius 3 is 2.24 bits per heavy atom. The summed E-state index contributed by atoms with van der Waals surface area (Å²) < 4.78 is 31.0. The van der Waals surface area contributed by atoms with E-state index < -0.39 is 83.6 Å². The van der Waals surface area contributed by atoms with Crippen molar-refractivity contribution in [2.75, 3.05) is 21.2 Å². The molecule has 3 rings (SSSR count). The van der Waals surface area contributed by atoms with Gasteiger partial charge < -0.3 is 43.9 Å². The summed E-state index contributed by atoms with van der Waals surface area (Å²) in [5.41, 5.74) is -2.61. The fraction of sp³-hybridized carbons (Fsp3) is 0.784. The number of aliphatic hydroxyl groups excluding tert-OH is 2. The zero-order chi connectivity index (χ0) is 37.7. The van der Waals surface area contributed by atoms with Crippen molar-refractivity contribution in [3.63, 3.8) is 0 Å². The first kappa shape index (κ1) is 41.9. The molecule has 13 heteroatoms. The number of Topliss-reactive ketones (excluding diaryl/α,β-unsaturated/α-hetero) is 1. The zero-order valence-corrected chi connectivity index (χ0v) is 31.6. The molecule has 2 aliphatic heterocycles. The largest absolute Gasteiger partial charge is 0.461 e. The quantitative estimate of drug-likeness (QED) is 0.337. The summed E-state index contributed by atoms with van der Waals surface area (Å²) in [6.45, 7) is 13.3. The van der Waals surface area contributed by atoms with E-state index in [2.05, 4.69) is 4.98 Å². The van der Waals surface area contributed by atoms with E-state index in [0.29, 0.717) is 12.0 Å². The van der Waals surface area contributed by atoms with E-state index in [0.717, 1.165) is 0 Å². The first-order chi connectivity index (χ1) is 23.3. The molecule has 2 aliphatic rings. The van der Waals surface area contributed by atoms with Gasteiger partial charge in [-0.15, -0.1) is 0 Å². The molecule has 2 saturated heterocycles. The third-order valence-corrected chi connectivity index (χ3v) is 10.9. The second-order valence-electron chi connectivity index (χ2n) is 15.1. The number of aliphatic hydroxyl groups is 3. The predicted molar refractivity (Wildman–Crippen MR) is 184 cm³/mol. The van der Waals surface area contributed by atoms with Crippen molar-refractivity contribution >= 4 is 17.7 Å². The van der Waals surface area contributed by atoms with Crippen LogP contribution >= 0.6 is 0 Å². The summed E-state index contributed by atoms with van der Waals surface area (Å²) in [4.78, 5) is 47.3. The van der Waals surface area contributed by atoms with Gasteiger partial charge >= 0.3 is 11.9 Å². The highest BCUT2D eigenvalue weighted by molar-refractivity contribution is 5.83. The molecule has 2 fully saturated rings. The van der Waals surface area contributed by atoms with Gasteiger partial charge in [-0.1, -0.05) is 27.7 Å². The van der Waals surface area contributed by atoms with Crippen LogP contribution in [0.3, 0.4) is 0 Å². The van der Waals surface area contributed by atoms with Gasteiger partial charge in [0.15, 0.2) is 6.29 Å². The van der Waals surface area contributed by atoms with Crippen LogP contribution in [0.1, 0.15) is 80.2 Å². The molecule has 284 valence electrons. The normalized spacial score (nSPS) is 40.9. The molecule has 13 nitrogen and oxygen atoms in total. The highest BCUT2D eigenvalue weighted by Crippen LogP contribution is 2.40. The molecule has 0 spiro atoms. The minimum atomic E-state index is -1.98. The third kappa shape index (κ3) is 9.47. The number of rotatable bonds is 8. The number of carbonyl (C=O) groups excluding carboxylic acids is 3. The Kier molecular flexibility index (Phi) is 14.5. The molecule has 0 aromatic carbocycles. The van der Waals surface area contributed by atoms with Gasteiger partial charge in [0.2, 0.25) is 0 Å². The van der Waals surface area contributed by atoms with Crippen molar-refractivity contribution in [1.29, 1.82) is 0 Å². The number of methoxy groups -OCH3 is 1. The van der Waals surface area contributed by atoms with Crippen LogP contribution < -0.4 is 0 Å². The monoisotopic (exact) mass is 708 g/mol. The molecule has 50 heavy (non-hydrogen) atoms. The lowest BCUT2D eigenvalue weighted by Crippen LogP contribution is -2.60. The number of aromatic nitrogens is 1. The molecule has 0 radical (unpaired) electrons. The molecule has 3 N–H and O–H groups in total. The summed E-state index contributed by atoms with van der Waals surface area (Å²) >= 11 is 0. The Morgan fingerprint density at radius 2 is 1.68 bits per heavy atom. The average molecular weight is 709 g/mol. The van der Waals surface area contributed by atoms with Crippen LogP contribution in [-0.2, 0) is 44.5 Å². The first-order valence-electron chi connectivity index (χ1n) is 17.7. The standard InChI is InChI=1S/C37H60N2O11/c1-12-27-37(8,45)32(43)22(4)29(41)20(2)19-36(7,46-11)33(50-35-30(42)26(39(9)10)17-21(3)47-35)23(5)31(24(6)34(44)48-27)49-28(40)18-25-13-15-38-16-14-25/h13-16,20-24,26-27,30-33,35,42-43,45H,12,17-19H2,1-11H3/t20-,21-,22+,23+,24-,26+,27-,30-,31+,32-,33-,35+,36+,37-/m1/s1. The number of nitrogens with zero attached hydrogens (tertiary/aromatic N) is 2. The van der Waals surface area contributed by atoms with E-state index in [1.54, 1.807) is 59.1 Å². The molecule has 0 unspecified atom stereocenters. The average Bonchev–Trinajstić information content (AvgIpc) is 3.07. The van der Waals surface area contributed by atoms with E-state index in [4.69, 9.17) is 23.7 Å². The maximum absolute atomic E-state index is 14.0. The Balaban J connectivity index is 2.18. The van der Waals surface area contributed by atoms with Crippen molar-refractivity contribution < 1.29 is 53.4 Å². The zero-order valence-electron chi connectivity index (χ0n) is 31.6. The van der Waals surface area contributed by atoms with Gasteiger partial charge in [-0.3, -0.25) is 19.4 Å². The van der Waals surface area contributed by atoms with Crippen LogP contribution in [0.4, 0.5) is 0 Å². The Labute approximate surface area is 297 Å². The SMILES string of the molecule is CC[C@H]1OC(=O)[C@H](C)[C@@H](OC(=O)Cc2ccncc2)[C@H](C)[C@@H](O[C@@H]2O[C@H](C)C[C@H](N(C)C)[C@H]2O)[C@@](C)(OC)C[C@@H](C)C(=O)[C@H](C)[C@@H](O)[C@]1(C)O. The smallest absolute Gasteiger partial charge is 0.312 e. The number of likely N-dealkylation sites (N-methyl/N-ethyl adjacent to an activating group) is 1. The lowest BCUT2D eigenvalue weighted by Gasteiger charge is -2.48. The van der Waals surface area contributed by atoms with Crippen molar-refractivity contribution in [3.05, 3.63) is 30.1 Å². The first-order valence-corrected chi connectivity index (χ1v) is 17.7. The number of hydrogen-bond acceptors (Lipinski definition) is 13. The number of ketones is 1. The van der Waals surface area contributed by atoms with Crippen LogP contribution in [0, 0.1) is 23.7 Å². The van der Waals surface area contributed by atoms with Gasteiger partial charge in [-0.2, -0.15) is 0 Å². The maximum atomic E-state index is 14.0. The topological polar surface area (TPSA) is 174 Å². The number of cyclic esters (lactones) is 1. The fourth-order valence-electron chi connectivity index (χ4n) is 7.64. The predicted octanol–water partition coefficient (Wildman–Crippen LogP) is 2.70. The van der Waals surface area contributed by atoms with Crippen LogP contribution in [0.2, 0.25) is 0 Å². The van der Waals surface area contributed by atoms with Crippen LogP contribution in [0.5, 0.6) is 0 Å². The van der Waals surface area contributed by atoms with Gasteiger partial charge in [-0.05, 0) is 78.7 Å². The van der Waals surface area contributed by atoms with Gasteiger partial charge in [0.25, 0.3) is 0 Å². The minimum Gasteiger partial charge on any atom is -0.461 e. The van der Waals surface area contributed by atoms with Crippen LogP contribution in [0.15, 0.2) is 24.5 Å². The molecule has 14 atom stereocenters. The lowest BCUT2D eigenvalue weighted by atomic mass is 9.74. The van der Waals surface area contributed by atoms with E-state index in [-0.39, 0.29) is 37.2 Å². The maximum Gasteiger partial charge on any atom is 0.312 e. The summed E-state index contributed by atoms with van der Waals surface area (Å²) in [6, 6.07) is 3.08. The van der Waals surface area contributed by atoms with Gasteiger partial charge in [-0.25, -0.2) is 0 Å². The number of pyridine rings is 1. The molecule has 1 aromatic rings. The Morgan fingerprint density at radius 1 is 1.06 bits per heavy atom. The molecule has 0 saturated carbocycles. The van der Waals surface area contributed by atoms with E-state index in [1.807, 2.05) is 25.9 Å². The molecule has 3 heterocycles. The van der Waals surface area contributed by atoms with Gasteiger partial charge in [0.1, 0.15) is 29.7 Å². The summed E-state index contributed by atoms with van der Waals surface area (Å²) in [5, 5.41) is 34.4. The molecule has 1 aromatic heterocycles. The number of carbonyl (C=O) groups is 3. The summed E-state index contributed by atoms with van der Waals surface area (Å²) in [7, 11) is 5.20. The van der Waals surface area contributed by atoms with Crippen molar-refractivity contribution in [1.82, 2.24) is 9.88 Å². The Hall–Kier alpha value is -2.52. The second-order valence-corrected chi connectivity index (χ2v) is 15.1. The minimum absolute atomic E-state index is 0.0831. The molecule has 0 aliphatic carbocycles. The van der Waals surface area contributed by atoms with E-state index in [9.17, 15) is 29.7 Å². The van der Waals surface area contributed by atoms with Crippen molar-refractivity contribution in [3.8, 4) is 0 Å². The Bertz CT molecular complexity index is 1280. The van der Waals surface area contributed by atoms with Crippen molar-refractivity contribution in [2.45, 2.75) is 141 Å². The van der Waals surface area contributed by atoms with Crippen LogP contribution in [0.25, 0.3) is 0 Å². The highest BCUT2D eigenvalue weighted by Gasteiger charge is 2.52. The number of esters is 2. The molecule has 0 amide bonds. The molecule has 0 bridgehead atoms. The number of ether oxygens (including phenoxy) is 5. The molecular weight excluding hydrogens is 648 g/mol. The van der Waals surface area contributed by atoms with Crippen molar-refractivity contribution in [2.24, 2.45) is 23.7 Å². The van der Waals surface area contributed by atoms with E-state index in [1.165, 1.54) is 21.0 Å². The molecular formula is C37H60N2O11. The third-order valence-electron chi connectivity index (χ3n) is 10.9. The van der Waals surface area contributed by atoms with Gasteiger partial charge in [0, 0.05) is 43.3 Å². The number of hydrogen-bond donors (Lipinski definition) is 3. The van der Waals surface area contributed by atoms with Gasteiger partial charge in [0.05, 0.1) is 36.3 Å². The lowest BCUT2D eigenvalue weighted by molar-refractivity contribution is -0.301. The van der Waals surface area contributed by atoms with E-state index >= 15 is 0 Å². The second kappa shape index (κ2) is 17.3.